The van der Waals surface area contributed by atoms with E-state index < -0.39 is 0 Å². The molecule has 5 rings (SSSR count). The van der Waals surface area contributed by atoms with Crippen LogP contribution >= 0.6 is 11.6 Å². The molecule has 198 valence electrons. The van der Waals surface area contributed by atoms with Crippen LogP contribution in [0.2, 0.25) is 5.02 Å². The van der Waals surface area contributed by atoms with E-state index in [1.54, 1.807) is 6.20 Å². The monoisotopic (exact) mass is 538 g/mol. The van der Waals surface area contributed by atoms with E-state index in [0.717, 1.165) is 40.7 Å². The first-order valence-electron chi connectivity index (χ1n) is 13.0. The highest BCUT2D eigenvalue weighted by atomic mass is 35.5. The van der Waals surface area contributed by atoms with Crippen molar-refractivity contribution < 1.29 is 0 Å². The minimum Gasteiger partial charge on any atom is -0.383 e. The first-order valence-corrected chi connectivity index (χ1v) is 13.4. The Labute approximate surface area is 233 Å². The average Bonchev–Trinajstić information content (AvgIpc) is 3.44. The minimum atomic E-state index is -0.388. The van der Waals surface area contributed by atoms with Gasteiger partial charge in [-0.2, -0.15) is 10.5 Å². The minimum absolute atomic E-state index is 0.000375. The molecular formula is C30H31ClN8. The lowest BCUT2D eigenvalue weighted by Gasteiger charge is -2.23. The molecule has 39 heavy (non-hydrogen) atoms. The van der Waals surface area contributed by atoms with E-state index in [-0.39, 0.29) is 17.0 Å². The van der Waals surface area contributed by atoms with Crippen molar-refractivity contribution in [3.8, 4) is 12.1 Å². The second kappa shape index (κ2) is 9.87. The van der Waals surface area contributed by atoms with E-state index in [1.807, 2.05) is 48.1 Å². The predicted molar refractivity (Wildman–Crippen MR) is 154 cm³/mol. The molecule has 4 aromatic rings. The van der Waals surface area contributed by atoms with Gasteiger partial charge in [-0.25, -0.2) is 4.68 Å². The van der Waals surface area contributed by atoms with Gasteiger partial charge < -0.3 is 10.6 Å². The maximum atomic E-state index is 9.82. The number of pyridine rings is 1. The standard InChI is InChI=1S/C30H31ClN8/c1-18-19(13-32)7-6-8-22(18)28(25-16-39(38-37-25)30(5)9-10-30)36-21-11-23-26(35-17-29(2,3)4)20(14-33)15-34-27(23)24(31)12-21/h6-8,11-12,15-16,28,36H,9-10,17H2,1-5H3,(H,34,35). The molecule has 1 aliphatic rings. The summed E-state index contributed by atoms with van der Waals surface area (Å²) in [5.41, 5.74) is 5.65. The second-order valence-electron chi connectivity index (χ2n) is 11.7. The molecule has 1 fully saturated rings. The van der Waals surface area contributed by atoms with Crippen LogP contribution in [-0.2, 0) is 5.54 Å². The van der Waals surface area contributed by atoms with Gasteiger partial charge in [-0.1, -0.05) is 49.7 Å². The smallest absolute Gasteiger partial charge is 0.110 e. The Morgan fingerprint density at radius 1 is 1.15 bits per heavy atom. The van der Waals surface area contributed by atoms with E-state index in [0.29, 0.717) is 33.9 Å². The average molecular weight is 539 g/mol. The maximum absolute atomic E-state index is 9.82. The van der Waals surface area contributed by atoms with Gasteiger partial charge >= 0.3 is 0 Å². The van der Waals surface area contributed by atoms with E-state index in [9.17, 15) is 10.5 Å². The van der Waals surface area contributed by atoms with Crippen molar-refractivity contribution in [2.24, 2.45) is 5.41 Å². The molecule has 2 aromatic carbocycles. The van der Waals surface area contributed by atoms with Crippen molar-refractivity contribution in [1.29, 1.82) is 10.5 Å². The fourth-order valence-corrected chi connectivity index (χ4v) is 4.89. The lowest BCUT2D eigenvalue weighted by molar-refractivity contribution is 0.443. The molecule has 8 nitrogen and oxygen atoms in total. The van der Waals surface area contributed by atoms with Gasteiger partial charge in [-0.3, -0.25) is 4.98 Å². The summed E-state index contributed by atoms with van der Waals surface area (Å²) < 4.78 is 1.94. The Hall–Kier alpha value is -4.14. The van der Waals surface area contributed by atoms with Crippen LogP contribution in [0.15, 0.2) is 42.7 Å². The predicted octanol–water partition coefficient (Wildman–Crippen LogP) is 6.70. The summed E-state index contributed by atoms with van der Waals surface area (Å²) in [5, 5.41) is 36.8. The molecular weight excluding hydrogens is 508 g/mol. The third-order valence-electron chi connectivity index (χ3n) is 7.29. The third-order valence-corrected chi connectivity index (χ3v) is 7.58. The fraction of sp³-hybridized carbons (Fsp3) is 0.367. The Kier molecular flexibility index (Phi) is 6.70. The quantitative estimate of drug-likeness (QED) is 0.269. The van der Waals surface area contributed by atoms with Crippen molar-refractivity contribution in [3.63, 3.8) is 0 Å². The number of rotatable bonds is 7. The summed E-state index contributed by atoms with van der Waals surface area (Å²) >= 11 is 6.76. The summed E-state index contributed by atoms with van der Waals surface area (Å²) in [6, 6.07) is 13.6. The largest absolute Gasteiger partial charge is 0.383 e. The molecule has 2 aromatic heterocycles. The molecule has 0 amide bonds. The van der Waals surface area contributed by atoms with Crippen molar-refractivity contribution in [1.82, 2.24) is 20.0 Å². The van der Waals surface area contributed by atoms with Crippen LogP contribution in [0.25, 0.3) is 10.9 Å². The highest BCUT2D eigenvalue weighted by molar-refractivity contribution is 6.35. The Balaban J connectivity index is 1.63. The van der Waals surface area contributed by atoms with Crippen LogP contribution in [-0.4, -0.2) is 26.5 Å². The molecule has 2 N–H and O–H groups in total. The van der Waals surface area contributed by atoms with Crippen molar-refractivity contribution >= 4 is 33.9 Å². The third kappa shape index (κ3) is 5.26. The first-order chi connectivity index (χ1) is 18.5. The summed E-state index contributed by atoms with van der Waals surface area (Å²) in [6.07, 6.45) is 5.67. The molecule has 0 spiro atoms. The molecule has 1 saturated carbocycles. The molecule has 0 radical (unpaired) electrons. The van der Waals surface area contributed by atoms with E-state index >= 15 is 0 Å². The topological polar surface area (TPSA) is 115 Å². The van der Waals surface area contributed by atoms with Gasteiger partial charge in [0.2, 0.25) is 0 Å². The Morgan fingerprint density at radius 2 is 1.90 bits per heavy atom. The number of halogens is 1. The fourth-order valence-electron chi connectivity index (χ4n) is 4.62. The molecule has 1 atom stereocenters. The van der Waals surface area contributed by atoms with Crippen molar-refractivity contribution in [2.75, 3.05) is 17.2 Å². The lowest BCUT2D eigenvalue weighted by atomic mass is 9.95. The molecule has 2 heterocycles. The van der Waals surface area contributed by atoms with Crippen LogP contribution < -0.4 is 10.6 Å². The van der Waals surface area contributed by atoms with Gasteiger partial charge in [0.25, 0.3) is 0 Å². The maximum Gasteiger partial charge on any atom is 0.110 e. The van der Waals surface area contributed by atoms with Crippen LogP contribution in [0, 0.1) is 35.0 Å². The normalized spacial score (nSPS) is 14.9. The molecule has 1 aliphatic carbocycles. The zero-order valence-electron chi connectivity index (χ0n) is 22.8. The van der Waals surface area contributed by atoms with E-state index in [2.05, 4.69) is 65.8 Å². The molecule has 0 aliphatic heterocycles. The lowest BCUT2D eigenvalue weighted by Crippen LogP contribution is -2.20. The van der Waals surface area contributed by atoms with Crippen LogP contribution in [0.4, 0.5) is 11.4 Å². The number of aromatic nitrogens is 4. The van der Waals surface area contributed by atoms with E-state index in [4.69, 9.17) is 11.6 Å². The van der Waals surface area contributed by atoms with Gasteiger partial charge in [0.15, 0.2) is 0 Å². The highest BCUT2D eigenvalue weighted by Crippen LogP contribution is 2.43. The first kappa shape index (κ1) is 26.5. The highest BCUT2D eigenvalue weighted by Gasteiger charge is 2.41. The van der Waals surface area contributed by atoms with Gasteiger partial charge in [0.1, 0.15) is 11.8 Å². The summed E-state index contributed by atoms with van der Waals surface area (Å²) in [4.78, 5) is 4.48. The summed E-state index contributed by atoms with van der Waals surface area (Å²) in [7, 11) is 0. The van der Waals surface area contributed by atoms with Crippen molar-refractivity contribution in [3.05, 3.63) is 75.7 Å². The molecule has 1 unspecified atom stereocenters. The van der Waals surface area contributed by atoms with Gasteiger partial charge in [-0.15, -0.1) is 5.10 Å². The van der Waals surface area contributed by atoms with Crippen molar-refractivity contribution in [2.45, 2.75) is 59.0 Å². The van der Waals surface area contributed by atoms with Crippen LogP contribution in [0.1, 0.15) is 74.5 Å². The molecule has 0 saturated heterocycles. The van der Waals surface area contributed by atoms with Crippen LogP contribution in [0.5, 0.6) is 0 Å². The SMILES string of the molecule is Cc1c(C#N)cccc1C(Nc1cc(Cl)c2ncc(C#N)c(NCC(C)(C)C)c2c1)c1cn(C2(C)CC2)nn1. The number of nitrogens with one attached hydrogen (secondary N) is 2. The molecule has 9 heteroatoms. The number of anilines is 2. The number of nitrogens with zero attached hydrogens (tertiary/aromatic N) is 6. The zero-order valence-corrected chi connectivity index (χ0v) is 23.6. The Morgan fingerprint density at radius 3 is 2.56 bits per heavy atom. The summed E-state index contributed by atoms with van der Waals surface area (Å²) in [5.74, 6) is 0. The number of hydrogen-bond donors (Lipinski definition) is 2. The number of fused-ring (bicyclic) bond motifs is 1. The zero-order chi connectivity index (χ0) is 27.9. The number of nitriles is 2. The van der Waals surface area contributed by atoms with Gasteiger partial charge in [0, 0.05) is 23.8 Å². The van der Waals surface area contributed by atoms with Gasteiger partial charge in [0.05, 0.1) is 51.2 Å². The number of benzene rings is 2. The van der Waals surface area contributed by atoms with E-state index in [1.165, 1.54) is 0 Å². The number of hydrogen-bond acceptors (Lipinski definition) is 7. The Bertz CT molecular complexity index is 1650. The second-order valence-corrected chi connectivity index (χ2v) is 12.1. The van der Waals surface area contributed by atoms with Crippen LogP contribution in [0.3, 0.4) is 0 Å². The van der Waals surface area contributed by atoms with Gasteiger partial charge in [-0.05, 0) is 61.4 Å². The summed E-state index contributed by atoms with van der Waals surface area (Å²) in [6.45, 7) is 11.2. The molecule has 0 bridgehead atoms.